The van der Waals surface area contributed by atoms with Gasteiger partial charge in [0.1, 0.15) is 6.42 Å². The minimum atomic E-state index is -0.169. The number of urea groups is 1. The van der Waals surface area contributed by atoms with E-state index in [1.54, 1.807) is 9.80 Å². The number of carbonyl (C=O) groups excluding carboxylic acids is 2. The molecule has 2 rings (SSSR count). The highest BCUT2D eigenvalue weighted by molar-refractivity contribution is 5.89. The fourth-order valence-electron chi connectivity index (χ4n) is 2.36. The van der Waals surface area contributed by atoms with E-state index in [2.05, 4.69) is 12.2 Å². The maximum absolute atomic E-state index is 12.2. The number of hydrogen-bond donors (Lipinski definition) is 1. The Bertz CT molecular complexity index is 569. The van der Waals surface area contributed by atoms with Crippen LogP contribution in [-0.4, -0.2) is 47.9 Å². The SMILES string of the molecule is CCc1ccc(NC(=O)N2CCN(C(=O)CC#N)CC2)cc1. The van der Waals surface area contributed by atoms with E-state index >= 15 is 0 Å². The Labute approximate surface area is 130 Å². The van der Waals surface area contributed by atoms with Gasteiger partial charge in [0, 0.05) is 31.9 Å². The summed E-state index contributed by atoms with van der Waals surface area (Å²) in [5, 5.41) is 11.4. The van der Waals surface area contributed by atoms with E-state index in [-0.39, 0.29) is 18.4 Å². The van der Waals surface area contributed by atoms with Crippen molar-refractivity contribution in [2.24, 2.45) is 0 Å². The molecule has 1 saturated heterocycles. The van der Waals surface area contributed by atoms with Gasteiger partial charge in [0.25, 0.3) is 0 Å². The second-order valence-electron chi connectivity index (χ2n) is 5.18. The monoisotopic (exact) mass is 300 g/mol. The third-order valence-electron chi connectivity index (χ3n) is 3.76. The van der Waals surface area contributed by atoms with Crippen LogP contribution in [-0.2, 0) is 11.2 Å². The van der Waals surface area contributed by atoms with Crippen molar-refractivity contribution in [1.82, 2.24) is 9.80 Å². The number of anilines is 1. The summed E-state index contributed by atoms with van der Waals surface area (Å²) in [6.45, 7) is 4.00. The summed E-state index contributed by atoms with van der Waals surface area (Å²) >= 11 is 0. The van der Waals surface area contributed by atoms with Gasteiger partial charge in [-0.1, -0.05) is 19.1 Å². The molecule has 6 heteroatoms. The number of benzene rings is 1. The van der Waals surface area contributed by atoms with Crippen LogP contribution >= 0.6 is 0 Å². The highest BCUT2D eigenvalue weighted by Crippen LogP contribution is 2.12. The number of amides is 3. The zero-order valence-electron chi connectivity index (χ0n) is 12.7. The average molecular weight is 300 g/mol. The molecule has 0 spiro atoms. The van der Waals surface area contributed by atoms with Gasteiger partial charge in [0.2, 0.25) is 5.91 Å². The van der Waals surface area contributed by atoms with Crippen molar-refractivity contribution in [3.63, 3.8) is 0 Å². The van der Waals surface area contributed by atoms with Crippen LogP contribution in [0.2, 0.25) is 0 Å². The second-order valence-corrected chi connectivity index (χ2v) is 5.18. The maximum Gasteiger partial charge on any atom is 0.321 e. The molecule has 3 amide bonds. The molecular weight excluding hydrogens is 280 g/mol. The first-order chi connectivity index (χ1) is 10.6. The number of nitriles is 1. The molecule has 1 fully saturated rings. The van der Waals surface area contributed by atoms with Crippen molar-refractivity contribution >= 4 is 17.6 Å². The van der Waals surface area contributed by atoms with Crippen molar-refractivity contribution in [3.05, 3.63) is 29.8 Å². The summed E-state index contributed by atoms with van der Waals surface area (Å²) in [6, 6.07) is 9.47. The van der Waals surface area contributed by atoms with E-state index in [1.165, 1.54) is 5.56 Å². The Morgan fingerprint density at radius 2 is 1.73 bits per heavy atom. The van der Waals surface area contributed by atoms with Crippen LogP contribution in [0.25, 0.3) is 0 Å². The molecule has 1 aliphatic rings. The summed E-state index contributed by atoms with van der Waals surface area (Å²) in [6.07, 6.45) is 0.864. The predicted molar refractivity (Wildman–Crippen MR) is 83.2 cm³/mol. The molecule has 0 unspecified atom stereocenters. The summed E-state index contributed by atoms with van der Waals surface area (Å²) in [5.74, 6) is -0.169. The Morgan fingerprint density at radius 3 is 2.27 bits per heavy atom. The van der Waals surface area contributed by atoms with Crippen molar-refractivity contribution in [2.75, 3.05) is 31.5 Å². The third kappa shape index (κ3) is 3.98. The maximum atomic E-state index is 12.2. The first-order valence-electron chi connectivity index (χ1n) is 7.43. The molecule has 1 N–H and O–H groups in total. The topological polar surface area (TPSA) is 76.4 Å². The minimum Gasteiger partial charge on any atom is -0.338 e. The summed E-state index contributed by atoms with van der Waals surface area (Å²) in [4.78, 5) is 27.1. The molecule has 0 aliphatic carbocycles. The molecule has 116 valence electrons. The molecular formula is C16H20N4O2. The molecule has 1 aromatic rings. The van der Waals surface area contributed by atoms with Crippen LogP contribution in [0.15, 0.2) is 24.3 Å². The van der Waals surface area contributed by atoms with Gasteiger partial charge < -0.3 is 15.1 Å². The first kappa shape index (κ1) is 15.8. The van der Waals surface area contributed by atoms with Crippen LogP contribution < -0.4 is 5.32 Å². The smallest absolute Gasteiger partial charge is 0.321 e. The molecule has 1 heterocycles. The minimum absolute atomic E-state index is 0.101. The van der Waals surface area contributed by atoms with Gasteiger partial charge in [0.05, 0.1) is 6.07 Å². The Morgan fingerprint density at radius 1 is 1.14 bits per heavy atom. The highest BCUT2D eigenvalue weighted by Gasteiger charge is 2.23. The Balaban J connectivity index is 1.84. The average Bonchev–Trinajstić information content (AvgIpc) is 2.56. The number of carbonyl (C=O) groups is 2. The lowest BCUT2D eigenvalue weighted by atomic mass is 10.1. The second kappa shape index (κ2) is 7.46. The van der Waals surface area contributed by atoms with Crippen LogP contribution in [0.3, 0.4) is 0 Å². The van der Waals surface area contributed by atoms with E-state index in [0.717, 1.165) is 12.1 Å². The fourth-order valence-corrected chi connectivity index (χ4v) is 2.36. The van der Waals surface area contributed by atoms with Crippen molar-refractivity contribution < 1.29 is 9.59 Å². The molecule has 0 saturated carbocycles. The van der Waals surface area contributed by atoms with Crippen LogP contribution in [0.5, 0.6) is 0 Å². The summed E-state index contributed by atoms with van der Waals surface area (Å²) in [7, 11) is 0. The van der Waals surface area contributed by atoms with E-state index in [1.807, 2.05) is 30.3 Å². The summed E-state index contributed by atoms with van der Waals surface area (Å²) in [5.41, 5.74) is 1.99. The fraction of sp³-hybridized carbons (Fsp3) is 0.438. The zero-order valence-corrected chi connectivity index (χ0v) is 12.7. The summed E-state index contributed by atoms with van der Waals surface area (Å²) < 4.78 is 0. The predicted octanol–water partition coefficient (Wildman–Crippen LogP) is 1.84. The van der Waals surface area contributed by atoms with Crippen molar-refractivity contribution in [2.45, 2.75) is 19.8 Å². The van der Waals surface area contributed by atoms with Gasteiger partial charge in [0.15, 0.2) is 0 Å². The largest absolute Gasteiger partial charge is 0.338 e. The number of hydrogen-bond acceptors (Lipinski definition) is 3. The lowest BCUT2D eigenvalue weighted by molar-refractivity contribution is -0.131. The van der Waals surface area contributed by atoms with Gasteiger partial charge in [-0.25, -0.2) is 4.79 Å². The van der Waals surface area contributed by atoms with E-state index in [4.69, 9.17) is 5.26 Å². The van der Waals surface area contributed by atoms with Gasteiger partial charge in [-0.2, -0.15) is 5.26 Å². The lowest BCUT2D eigenvalue weighted by Gasteiger charge is -2.34. The standard InChI is InChI=1S/C16H20N4O2/c1-2-13-3-5-14(6-4-13)18-16(22)20-11-9-19(10-12-20)15(21)7-8-17/h3-6H,2,7,9-12H2,1H3,(H,18,22). The number of nitrogens with one attached hydrogen (secondary N) is 1. The van der Waals surface area contributed by atoms with Crippen LogP contribution in [0.1, 0.15) is 18.9 Å². The van der Waals surface area contributed by atoms with Crippen molar-refractivity contribution in [1.29, 1.82) is 5.26 Å². The quantitative estimate of drug-likeness (QED) is 0.925. The van der Waals surface area contributed by atoms with E-state index in [9.17, 15) is 9.59 Å². The third-order valence-corrected chi connectivity index (χ3v) is 3.76. The molecule has 0 atom stereocenters. The van der Waals surface area contributed by atoms with Crippen LogP contribution in [0.4, 0.5) is 10.5 Å². The molecule has 6 nitrogen and oxygen atoms in total. The van der Waals surface area contributed by atoms with Gasteiger partial charge >= 0.3 is 6.03 Å². The first-order valence-corrected chi connectivity index (χ1v) is 7.43. The molecule has 22 heavy (non-hydrogen) atoms. The number of nitrogens with zero attached hydrogens (tertiary/aromatic N) is 3. The van der Waals surface area contributed by atoms with Gasteiger partial charge in [-0.05, 0) is 24.1 Å². The Hall–Kier alpha value is -2.55. The number of rotatable bonds is 3. The molecule has 0 aromatic heterocycles. The lowest BCUT2D eigenvalue weighted by Crippen LogP contribution is -2.51. The van der Waals surface area contributed by atoms with Crippen LogP contribution in [0, 0.1) is 11.3 Å². The molecule has 0 radical (unpaired) electrons. The molecule has 1 aromatic carbocycles. The van der Waals surface area contributed by atoms with Crippen molar-refractivity contribution in [3.8, 4) is 6.07 Å². The van der Waals surface area contributed by atoms with E-state index in [0.29, 0.717) is 26.2 Å². The number of piperazine rings is 1. The molecule has 0 bridgehead atoms. The number of aryl methyl sites for hydroxylation is 1. The van der Waals surface area contributed by atoms with Gasteiger partial charge in [-0.15, -0.1) is 0 Å². The Kier molecular flexibility index (Phi) is 5.37. The normalized spacial score (nSPS) is 14.4. The van der Waals surface area contributed by atoms with E-state index < -0.39 is 0 Å². The van der Waals surface area contributed by atoms with Gasteiger partial charge in [-0.3, -0.25) is 4.79 Å². The zero-order chi connectivity index (χ0) is 15.9. The molecule has 1 aliphatic heterocycles. The highest BCUT2D eigenvalue weighted by atomic mass is 16.2.